The molecule has 0 spiro atoms. The Morgan fingerprint density at radius 2 is 1.51 bits per heavy atom. The van der Waals surface area contributed by atoms with Crippen LogP contribution in [-0.4, -0.2) is 32.6 Å². The Labute approximate surface area is 219 Å². The fraction of sp³-hybridized carbons (Fsp3) is 0.233. The molecule has 6 nitrogen and oxygen atoms in total. The summed E-state index contributed by atoms with van der Waals surface area (Å²) >= 11 is 0. The zero-order valence-electron chi connectivity index (χ0n) is 21.4. The lowest BCUT2D eigenvalue weighted by Crippen LogP contribution is -2.30. The molecule has 0 unspecified atom stereocenters. The van der Waals surface area contributed by atoms with Crippen LogP contribution >= 0.6 is 0 Å². The van der Waals surface area contributed by atoms with Gasteiger partial charge in [0.25, 0.3) is 0 Å². The van der Waals surface area contributed by atoms with Gasteiger partial charge < -0.3 is 9.72 Å². The number of ketones is 1. The average Bonchev–Trinajstić information content (AvgIpc) is 3.31. The van der Waals surface area contributed by atoms with E-state index in [1.807, 2.05) is 91.9 Å². The van der Waals surface area contributed by atoms with Crippen LogP contribution in [-0.2, 0) is 16.6 Å². The van der Waals surface area contributed by atoms with Gasteiger partial charge in [-0.25, -0.2) is 8.42 Å². The fourth-order valence-electron chi connectivity index (χ4n) is 4.39. The molecule has 4 aromatic rings. The Bertz CT molecular complexity index is 1440. The molecule has 4 rings (SSSR count). The third-order valence-corrected chi connectivity index (χ3v) is 7.39. The van der Waals surface area contributed by atoms with E-state index in [0.717, 1.165) is 29.5 Å². The third-order valence-electron chi connectivity index (χ3n) is 6.28. The van der Waals surface area contributed by atoms with Crippen molar-refractivity contribution < 1.29 is 17.9 Å². The predicted molar refractivity (Wildman–Crippen MR) is 150 cm³/mol. The van der Waals surface area contributed by atoms with E-state index in [1.165, 1.54) is 10.6 Å². The minimum absolute atomic E-state index is 0.0258. The second-order valence-electron chi connectivity index (χ2n) is 8.98. The second-order valence-corrected chi connectivity index (χ2v) is 10.9. The molecule has 1 N–H and O–H groups in total. The van der Waals surface area contributed by atoms with E-state index in [4.69, 9.17) is 4.74 Å². The number of carbonyl (C=O) groups excluding carboxylic acids is 1. The number of unbranched alkanes of at least 4 members (excludes halogenated alkanes) is 1. The molecule has 0 atom stereocenters. The van der Waals surface area contributed by atoms with Crippen LogP contribution in [0.3, 0.4) is 0 Å². The first-order valence-corrected chi connectivity index (χ1v) is 14.2. The summed E-state index contributed by atoms with van der Waals surface area (Å²) in [7, 11) is -2.12. The summed E-state index contributed by atoms with van der Waals surface area (Å²) in [5, 5.41) is 0. The third kappa shape index (κ3) is 5.94. The van der Waals surface area contributed by atoms with Crippen molar-refractivity contribution in [2.24, 2.45) is 0 Å². The van der Waals surface area contributed by atoms with Crippen molar-refractivity contribution in [2.45, 2.75) is 32.7 Å². The largest absolute Gasteiger partial charge is 0.497 e. The number of H-pyrrole nitrogens is 1. The minimum atomic E-state index is -3.71. The molecule has 0 aliphatic carbocycles. The number of benzene rings is 3. The highest BCUT2D eigenvalue weighted by molar-refractivity contribution is 7.92. The Morgan fingerprint density at radius 3 is 2.08 bits per heavy atom. The summed E-state index contributed by atoms with van der Waals surface area (Å²) in [6.07, 6.45) is 3.19. The minimum Gasteiger partial charge on any atom is -0.497 e. The highest BCUT2D eigenvalue weighted by Crippen LogP contribution is 2.42. The van der Waals surface area contributed by atoms with E-state index in [-0.39, 0.29) is 12.3 Å². The molecule has 192 valence electrons. The zero-order valence-corrected chi connectivity index (χ0v) is 22.2. The van der Waals surface area contributed by atoms with Crippen molar-refractivity contribution in [3.05, 3.63) is 96.1 Å². The Balaban J connectivity index is 2.01. The zero-order chi connectivity index (χ0) is 26.4. The number of nitrogens with one attached hydrogen (secondary N) is 1. The molecule has 0 amide bonds. The Kier molecular flexibility index (Phi) is 8.14. The topological polar surface area (TPSA) is 79.5 Å². The van der Waals surface area contributed by atoms with Crippen LogP contribution in [0.15, 0.2) is 84.9 Å². The summed E-state index contributed by atoms with van der Waals surface area (Å²) in [6, 6.07) is 26.3. The molecule has 0 radical (unpaired) electrons. The Morgan fingerprint density at radius 1 is 0.892 bits per heavy atom. The number of methoxy groups -OCH3 is 1. The normalized spacial score (nSPS) is 11.3. The maximum atomic E-state index is 13.7. The van der Waals surface area contributed by atoms with Crippen LogP contribution in [0.2, 0.25) is 0 Å². The number of nitrogens with zero attached hydrogens (tertiary/aromatic N) is 1. The summed E-state index contributed by atoms with van der Waals surface area (Å²) in [6.45, 7) is 2.17. The number of Topliss-reactive ketones (excluding diaryl/α,β-unsaturated/α-hetero) is 1. The number of carbonyl (C=O) groups is 1. The van der Waals surface area contributed by atoms with Crippen molar-refractivity contribution in [3.63, 3.8) is 0 Å². The van der Waals surface area contributed by atoms with Gasteiger partial charge in [0.1, 0.15) is 11.6 Å². The van der Waals surface area contributed by atoms with Gasteiger partial charge in [0.15, 0.2) is 5.78 Å². The van der Waals surface area contributed by atoms with E-state index in [1.54, 1.807) is 7.11 Å². The molecule has 0 aliphatic rings. The van der Waals surface area contributed by atoms with E-state index in [9.17, 15) is 13.2 Å². The molecule has 0 bridgehead atoms. The van der Waals surface area contributed by atoms with Gasteiger partial charge in [-0.1, -0.05) is 74.0 Å². The molecule has 0 aliphatic heterocycles. The molecule has 37 heavy (non-hydrogen) atoms. The molecule has 1 heterocycles. The van der Waals surface area contributed by atoms with Gasteiger partial charge in [0.05, 0.1) is 31.2 Å². The van der Waals surface area contributed by atoms with E-state index < -0.39 is 10.0 Å². The maximum Gasteiger partial charge on any atom is 0.233 e. The first kappa shape index (κ1) is 26.2. The molecule has 0 saturated carbocycles. The number of aromatic amines is 1. The lowest BCUT2D eigenvalue weighted by molar-refractivity contribution is 0.0981. The van der Waals surface area contributed by atoms with Crippen molar-refractivity contribution in [2.75, 3.05) is 17.7 Å². The summed E-state index contributed by atoms with van der Waals surface area (Å²) in [4.78, 5) is 17.1. The standard InChI is InChI=1S/C30H32N2O4S/c1-4-5-16-26(33)28-27(23-14-10-7-11-15-23)30(31-29(28)24-17-19-25(36-2)20-18-24)32(37(3,34)35)21-22-12-8-6-9-13-22/h6-15,17-20,31H,4-5,16,21H2,1-3H3. The first-order valence-electron chi connectivity index (χ1n) is 12.3. The summed E-state index contributed by atoms with van der Waals surface area (Å²) in [5.41, 5.74) is 4.08. The van der Waals surface area contributed by atoms with E-state index in [0.29, 0.717) is 34.8 Å². The van der Waals surface area contributed by atoms with Crippen molar-refractivity contribution in [1.29, 1.82) is 0 Å². The molecule has 0 saturated heterocycles. The van der Waals surface area contributed by atoms with Gasteiger partial charge in [-0.05, 0) is 47.4 Å². The van der Waals surface area contributed by atoms with Gasteiger partial charge in [-0.15, -0.1) is 0 Å². The number of ether oxygens (including phenoxy) is 1. The summed E-state index contributed by atoms with van der Waals surface area (Å²) < 4.78 is 33.1. The van der Waals surface area contributed by atoms with Crippen molar-refractivity contribution in [3.8, 4) is 28.1 Å². The number of sulfonamides is 1. The Hall–Kier alpha value is -3.84. The highest BCUT2D eigenvalue weighted by atomic mass is 32.2. The van der Waals surface area contributed by atoms with Crippen LogP contribution in [0.5, 0.6) is 5.75 Å². The average molecular weight is 517 g/mol. The lowest BCUT2D eigenvalue weighted by atomic mass is 9.94. The van der Waals surface area contributed by atoms with Crippen LogP contribution in [0.4, 0.5) is 5.82 Å². The van der Waals surface area contributed by atoms with Crippen molar-refractivity contribution >= 4 is 21.6 Å². The molecule has 7 heteroatoms. The SMILES string of the molecule is CCCCC(=O)c1c(-c2ccc(OC)cc2)[nH]c(N(Cc2ccccc2)S(C)(=O)=O)c1-c1ccccc1. The van der Waals surface area contributed by atoms with Gasteiger partial charge >= 0.3 is 0 Å². The van der Waals surface area contributed by atoms with Crippen molar-refractivity contribution in [1.82, 2.24) is 4.98 Å². The monoisotopic (exact) mass is 516 g/mol. The van der Waals surface area contributed by atoms with Gasteiger partial charge in [-0.2, -0.15) is 0 Å². The van der Waals surface area contributed by atoms with Crippen LogP contribution in [0, 0.1) is 0 Å². The van der Waals surface area contributed by atoms with Gasteiger partial charge in [-0.3, -0.25) is 9.10 Å². The first-order chi connectivity index (χ1) is 17.8. The molecular formula is C30H32N2O4S. The maximum absolute atomic E-state index is 13.7. The molecule has 0 fully saturated rings. The molecule has 1 aromatic heterocycles. The summed E-state index contributed by atoms with van der Waals surface area (Å²) in [5.74, 6) is 1.05. The second kappa shape index (κ2) is 11.5. The highest BCUT2D eigenvalue weighted by Gasteiger charge is 2.31. The van der Waals surface area contributed by atoms with Crippen LogP contribution in [0.1, 0.15) is 42.1 Å². The van der Waals surface area contributed by atoms with Crippen LogP contribution < -0.4 is 9.04 Å². The molecule has 3 aromatic carbocycles. The molecular weight excluding hydrogens is 484 g/mol. The fourth-order valence-corrected chi connectivity index (χ4v) is 5.24. The smallest absolute Gasteiger partial charge is 0.233 e. The van der Waals surface area contributed by atoms with E-state index in [2.05, 4.69) is 4.98 Å². The number of hydrogen-bond acceptors (Lipinski definition) is 4. The van der Waals surface area contributed by atoms with E-state index >= 15 is 0 Å². The van der Waals surface area contributed by atoms with Crippen LogP contribution in [0.25, 0.3) is 22.4 Å². The number of anilines is 1. The van der Waals surface area contributed by atoms with Gasteiger partial charge in [0.2, 0.25) is 10.0 Å². The lowest BCUT2D eigenvalue weighted by Gasteiger charge is -2.23. The number of rotatable bonds is 11. The number of hydrogen-bond donors (Lipinski definition) is 1. The quantitative estimate of drug-likeness (QED) is 0.225. The predicted octanol–water partition coefficient (Wildman–Crippen LogP) is 6.70. The number of aromatic nitrogens is 1. The van der Waals surface area contributed by atoms with Gasteiger partial charge in [0, 0.05) is 12.0 Å².